The van der Waals surface area contributed by atoms with Gasteiger partial charge in [0.2, 0.25) is 0 Å². The third-order valence-corrected chi connectivity index (χ3v) is 6.19. The van der Waals surface area contributed by atoms with Gasteiger partial charge in [-0.2, -0.15) is 10.2 Å². The van der Waals surface area contributed by atoms with E-state index in [-0.39, 0.29) is 35.6 Å². The molecule has 0 atom stereocenters. The molecule has 0 bridgehead atoms. The first kappa shape index (κ1) is 26.0. The number of aryl methyl sites for hydroxylation is 3. The summed E-state index contributed by atoms with van der Waals surface area (Å²) in [7, 11) is 3.43. The van der Waals surface area contributed by atoms with E-state index in [2.05, 4.69) is 34.7 Å². The van der Waals surface area contributed by atoms with Crippen molar-refractivity contribution in [3.63, 3.8) is 0 Å². The molecule has 0 saturated heterocycles. The summed E-state index contributed by atoms with van der Waals surface area (Å²) in [5, 5.41) is 14.4. The fourth-order valence-electron chi connectivity index (χ4n) is 3.78. The summed E-state index contributed by atoms with van der Waals surface area (Å²) >= 11 is 6.28. The van der Waals surface area contributed by atoms with E-state index in [0.717, 1.165) is 22.4 Å². The Morgan fingerprint density at radius 3 is 2.62 bits per heavy atom. The van der Waals surface area contributed by atoms with E-state index in [1.807, 2.05) is 25.3 Å². The number of aromatic nitrogens is 4. The molecule has 0 unspecified atom stereocenters. The molecule has 11 heteroatoms. The van der Waals surface area contributed by atoms with Crippen LogP contribution in [0.5, 0.6) is 5.75 Å². The Morgan fingerprint density at radius 1 is 1.14 bits per heavy atom. The Balaban J connectivity index is 1.40. The predicted octanol–water partition coefficient (Wildman–Crippen LogP) is 4.59. The highest BCUT2D eigenvalue weighted by atomic mass is 35.5. The lowest BCUT2D eigenvalue weighted by Gasteiger charge is -2.15. The quantitative estimate of drug-likeness (QED) is 0.331. The molecule has 4 aromatic rings. The zero-order chi connectivity index (χ0) is 26.7. The molecule has 0 spiro atoms. The number of halogens is 1. The van der Waals surface area contributed by atoms with Crippen molar-refractivity contribution in [1.82, 2.24) is 24.9 Å². The topological polar surface area (TPSA) is 116 Å². The van der Waals surface area contributed by atoms with E-state index in [4.69, 9.17) is 20.8 Å². The van der Waals surface area contributed by atoms with E-state index >= 15 is 0 Å². The minimum Gasteiger partial charge on any atom is -0.485 e. The summed E-state index contributed by atoms with van der Waals surface area (Å²) in [4.78, 5) is 25.6. The van der Waals surface area contributed by atoms with Crippen molar-refractivity contribution in [1.29, 1.82) is 0 Å². The van der Waals surface area contributed by atoms with Crippen molar-refractivity contribution < 1.29 is 18.7 Å². The lowest BCUT2D eigenvalue weighted by atomic mass is 10.0. The number of furan rings is 1. The normalized spacial score (nSPS) is 11.1. The predicted molar refractivity (Wildman–Crippen MR) is 139 cm³/mol. The van der Waals surface area contributed by atoms with Gasteiger partial charge >= 0.3 is 0 Å². The molecule has 0 aliphatic heterocycles. The van der Waals surface area contributed by atoms with Crippen LogP contribution in [0.4, 0.5) is 5.69 Å². The lowest BCUT2D eigenvalue weighted by Crippen LogP contribution is -2.26. The Labute approximate surface area is 219 Å². The van der Waals surface area contributed by atoms with Gasteiger partial charge in [0.15, 0.2) is 5.76 Å². The first-order valence-corrected chi connectivity index (χ1v) is 12.1. The maximum absolute atomic E-state index is 12.9. The first-order chi connectivity index (χ1) is 17.6. The van der Waals surface area contributed by atoms with Gasteiger partial charge in [0.25, 0.3) is 11.8 Å². The Kier molecular flexibility index (Phi) is 7.68. The number of benzene rings is 1. The van der Waals surface area contributed by atoms with Crippen LogP contribution in [0.25, 0.3) is 0 Å². The molecule has 1 aromatic carbocycles. The van der Waals surface area contributed by atoms with Crippen molar-refractivity contribution in [2.24, 2.45) is 14.1 Å². The van der Waals surface area contributed by atoms with Crippen LogP contribution in [-0.2, 0) is 27.2 Å². The Bertz CT molecular complexity index is 1430. The van der Waals surface area contributed by atoms with E-state index in [1.54, 1.807) is 37.1 Å². The Hall–Kier alpha value is -4.05. The molecule has 0 aliphatic carbocycles. The van der Waals surface area contributed by atoms with Gasteiger partial charge in [0.05, 0.1) is 18.1 Å². The summed E-state index contributed by atoms with van der Waals surface area (Å²) in [6.07, 6.45) is 4.89. The van der Waals surface area contributed by atoms with Crippen molar-refractivity contribution in [2.75, 3.05) is 5.32 Å². The van der Waals surface area contributed by atoms with Gasteiger partial charge < -0.3 is 19.8 Å². The molecular formula is C26H29ClN6O4. The molecule has 2 N–H and O–H groups in total. The number of anilines is 1. The molecule has 0 fully saturated rings. The maximum atomic E-state index is 12.9. The van der Waals surface area contributed by atoms with E-state index in [9.17, 15) is 9.59 Å². The number of hydrogen-bond donors (Lipinski definition) is 2. The molecule has 2 amide bonds. The fourth-order valence-corrected chi connectivity index (χ4v) is 3.96. The fraction of sp³-hybridized carbons (Fsp3) is 0.308. The van der Waals surface area contributed by atoms with E-state index in [0.29, 0.717) is 17.3 Å². The minimum absolute atomic E-state index is 0.0838. The van der Waals surface area contributed by atoms with Gasteiger partial charge in [0.1, 0.15) is 23.8 Å². The number of carbonyl (C=O) groups excluding carboxylic acids is 2. The molecular weight excluding hydrogens is 496 g/mol. The third kappa shape index (κ3) is 6.03. The Morgan fingerprint density at radius 2 is 1.92 bits per heavy atom. The monoisotopic (exact) mass is 524 g/mol. The van der Waals surface area contributed by atoms with Gasteiger partial charge in [-0.15, -0.1) is 0 Å². The number of carbonyl (C=O) groups is 2. The molecule has 0 saturated carbocycles. The second-order valence-electron chi connectivity index (χ2n) is 9.04. The van der Waals surface area contributed by atoms with E-state index < -0.39 is 5.91 Å². The minimum atomic E-state index is -0.509. The number of nitrogens with one attached hydrogen (secondary N) is 2. The average Bonchev–Trinajstić information content (AvgIpc) is 3.58. The van der Waals surface area contributed by atoms with Gasteiger partial charge in [-0.05, 0) is 48.2 Å². The molecule has 10 nitrogen and oxygen atoms in total. The molecule has 194 valence electrons. The molecule has 0 aliphatic rings. The van der Waals surface area contributed by atoms with Gasteiger partial charge in [-0.3, -0.25) is 19.0 Å². The van der Waals surface area contributed by atoms with Gasteiger partial charge in [-0.25, -0.2) is 0 Å². The van der Waals surface area contributed by atoms with Crippen LogP contribution in [-0.4, -0.2) is 31.4 Å². The van der Waals surface area contributed by atoms with Gasteiger partial charge in [-0.1, -0.05) is 25.4 Å². The van der Waals surface area contributed by atoms with Crippen LogP contribution in [0.3, 0.4) is 0 Å². The summed E-state index contributed by atoms with van der Waals surface area (Å²) in [6, 6.07) is 7.05. The average molecular weight is 525 g/mol. The molecule has 3 aromatic heterocycles. The highest BCUT2D eigenvalue weighted by Gasteiger charge is 2.21. The lowest BCUT2D eigenvalue weighted by molar-refractivity contribution is 0.0942. The standard InChI is InChI=1S/C26H29ClN6O4/c1-15(2)19-9-20(27)16(3)8-23(19)36-14-18-6-7-22(37-18)25(34)31-21-12-30-33(5)24(21)26(35)28-10-17-11-29-32(4)13-17/h6-9,11-13,15H,10,14H2,1-5H3,(H,28,35)(H,31,34). The van der Waals surface area contributed by atoms with Crippen molar-refractivity contribution in [3.8, 4) is 5.75 Å². The first-order valence-electron chi connectivity index (χ1n) is 11.7. The van der Waals surface area contributed by atoms with E-state index in [1.165, 1.54) is 10.9 Å². The highest BCUT2D eigenvalue weighted by molar-refractivity contribution is 6.31. The number of hydrogen-bond acceptors (Lipinski definition) is 6. The maximum Gasteiger partial charge on any atom is 0.291 e. The second-order valence-corrected chi connectivity index (χ2v) is 9.45. The van der Waals surface area contributed by atoms with Crippen molar-refractivity contribution >= 4 is 29.1 Å². The van der Waals surface area contributed by atoms with Crippen LogP contribution in [0, 0.1) is 6.92 Å². The third-order valence-electron chi connectivity index (χ3n) is 5.78. The zero-order valence-electron chi connectivity index (χ0n) is 21.3. The van der Waals surface area contributed by atoms with Crippen LogP contribution in [0.15, 0.2) is 47.3 Å². The molecule has 4 rings (SSSR count). The number of nitrogens with zero attached hydrogens (tertiary/aromatic N) is 4. The molecule has 3 heterocycles. The summed E-state index contributed by atoms with van der Waals surface area (Å²) < 4.78 is 14.8. The highest BCUT2D eigenvalue weighted by Crippen LogP contribution is 2.32. The molecule has 0 radical (unpaired) electrons. The zero-order valence-corrected chi connectivity index (χ0v) is 22.1. The summed E-state index contributed by atoms with van der Waals surface area (Å²) in [5.41, 5.74) is 3.24. The van der Waals surface area contributed by atoms with Gasteiger partial charge in [0, 0.05) is 37.4 Å². The summed E-state index contributed by atoms with van der Waals surface area (Å²) in [5.74, 6) is 0.615. The van der Waals surface area contributed by atoms with Crippen molar-refractivity contribution in [3.05, 3.63) is 81.8 Å². The van der Waals surface area contributed by atoms with Crippen LogP contribution < -0.4 is 15.4 Å². The van der Waals surface area contributed by atoms with Crippen LogP contribution in [0.1, 0.15) is 63.3 Å². The van der Waals surface area contributed by atoms with Crippen LogP contribution >= 0.6 is 11.6 Å². The molecule has 37 heavy (non-hydrogen) atoms. The number of amides is 2. The second kappa shape index (κ2) is 10.9. The van der Waals surface area contributed by atoms with Crippen LogP contribution in [0.2, 0.25) is 5.02 Å². The smallest absolute Gasteiger partial charge is 0.291 e. The number of rotatable bonds is 9. The SMILES string of the molecule is Cc1cc(OCc2ccc(C(=O)Nc3cnn(C)c3C(=O)NCc3cnn(C)c3)o2)c(C(C)C)cc1Cl. The number of ether oxygens (including phenoxy) is 1. The summed E-state index contributed by atoms with van der Waals surface area (Å²) in [6.45, 7) is 6.48. The van der Waals surface area contributed by atoms with Crippen molar-refractivity contribution in [2.45, 2.75) is 39.8 Å². The largest absolute Gasteiger partial charge is 0.485 e.